The Labute approximate surface area is 97.9 Å². The third-order valence-corrected chi connectivity index (χ3v) is 2.62. The maximum absolute atomic E-state index is 5.54. The number of hydrogen-bond acceptors (Lipinski definition) is 5. The number of benzene rings is 1. The molecule has 1 aromatic heterocycles. The Balaban J connectivity index is 2.00. The first-order chi connectivity index (χ1) is 8.38. The van der Waals surface area contributed by atoms with Gasteiger partial charge in [0.1, 0.15) is 0 Å². The van der Waals surface area contributed by atoms with Gasteiger partial charge in [0.25, 0.3) is 0 Å². The maximum atomic E-state index is 5.54. The van der Waals surface area contributed by atoms with E-state index in [1.165, 1.54) is 0 Å². The van der Waals surface area contributed by atoms with E-state index in [9.17, 15) is 0 Å². The molecule has 6 heteroatoms. The lowest BCUT2D eigenvalue weighted by atomic mass is 10.2. The Hall–Kier alpha value is -2.08. The van der Waals surface area contributed by atoms with Crippen molar-refractivity contribution < 1.29 is 9.47 Å². The molecule has 0 radical (unpaired) electrons. The van der Waals surface area contributed by atoms with Gasteiger partial charge in [-0.05, 0) is 18.7 Å². The molecule has 6 nitrogen and oxygen atoms in total. The summed E-state index contributed by atoms with van der Waals surface area (Å²) in [6.45, 7) is 0.837. The van der Waals surface area contributed by atoms with Crippen LogP contribution in [0.25, 0.3) is 5.69 Å². The highest BCUT2D eigenvalue weighted by atomic mass is 16.7. The molecule has 0 spiro atoms. The molecule has 0 amide bonds. The second kappa shape index (κ2) is 4.06. The van der Waals surface area contributed by atoms with Crippen molar-refractivity contribution in [1.29, 1.82) is 0 Å². The highest BCUT2D eigenvalue weighted by Gasteiger charge is 2.15. The lowest BCUT2D eigenvalue weighted by Gasteiger charge is -2.05. The van der Waals surface area contributed by atoms with E-state index in [0.717, 1.165) is 29.3 Å². The van der Waals surface area contributed by atoms with Crippen LogP contribution in [-0.4, -0.2) is 28.3 Å². The van der Waals surface area contributed by atoms with Crippen molar-refractivity contribution in [3.05, 3.63) is 30.1 Å². The molecule has 17 heavy (non-hydrogen) atoms. The number of rotatable bonds is 3. The first-order valence-electron chi connectivity index (χ1n) is 5.38. The van der Waals surface area contributed by atoms with E-state index in [0.29, 0.717) is 6.54 Å². The van der Waals surface area contributed by atoms with Gasteiger partial charge in [0, 0.05) is 12.5 Å². The third kappa shape index (κ3) is 1.72. The van der Waals surface area contributed by atoms with Crippen LogP contribution in [0.1, 0.15) is 5.69 Å². The summed E-state index contributed by atoms with van der Waals surface area (Å²) in [7, 11) is 0. The van der Waals surface area contributed by atoms with Gasteiger partial charge in [0.2, 0.25) is 6.79 Å². The standard InChI is InChI=1S/C11H12N4O2/c12-4-3-9-6-13-14-15(9)8-1-2-10-11(5-8)17-7-16-10/h1-2,5-6H,3-4,7,12H2. The van der Waals surface area contributed by atoms with Gasteiger partial charge in [-0.15, -0.1) is 5.10 Å². The van der Waals surface area contributed by atoms with Crippen LogP contribution in [0.2, 0.25) is 0 Å². The Morgan fingerprint density at radius 3 is 3.06 bits per heavy atom. The molecule has 1 aromatic carbocycles. The van der Waals surface area contributed by atoms with E-state index in [1.807, 2.05) is 18.2 Å². The topological polar surface area (TPSA) is 75.2 Å². The Kier molecular flexibility index (Phi) is 2.41. The molecule has 0 bridgehead atoms. The molecule has 0 aliphatic carbocycles. The van der Waals surface area contributed by atoms with Gasteiger partial charge >= 0.3 is 0 Å². The molecule has 2 heterocycles. The molecule has 0 saturated carbocycles. The van der Waals surface area contributed by atoms with Crippen LogP contribution in [0.5, 0.6) is 11.5 Å². The fourth-order valence-electron chi connectivity index (χ4n) is 1.81. The van der Waals surface area contributed by atoms with E-state index in [4.69, 9.17) is 15.2 Å². The van der Waals surface area contributed by atoms with Gasteiger partial charge in [-0.1, -0.05) is 5.21 Å². The zero-order valence-corrected chi connectivity index (χ0v) is 9.17. The van der Waals surface area contributed by atoms with Crippen LogP contribution < -0.4 is 15.2 Å². The zero-order chi connectivity index (χ0) is 11.7. The summed E-state index contributed by atoms with van der Waals surface area (Å²) in [5, 5.41) is 7.94. The second-order valence-electron chi connectivity index (χ2n) is 3.71. The number of nitrogens with zero attached hydrogens (tertiary/aromatic N) is 3. The van der Waals surface area contributed by atoms with Gasteiger partial charge in [-0.25, -0.2) is 4.68 Å². The van der Waals surface area contributed by atoms with Crippen molar-refractivity contribution in [2.45, 2.75) is 6.42 Å². The van der Waals surface area contributed by atoms with Gasteiger partial charge in [0.15, 0.2) is 11.5 Å². The van der Waals surface area contributed by atoms with Crippen molar-refractivity contribution >= 4 is 0 Å². The normalized spacial score (nSPS) is 13.0. The first kappa shape index (κ1) is 10.1. The minimum absolute atomic E-state index is 0.270. The first-order valence-corrected chi connectivity index (χ1v) is 5.38. The minimum atomic E-state index is 0.270. The van der Waals surface area contributed by atoms with Crippen molar-refractivity contribution in [2.75, 3.05) is 13.3 Å². The smallest absolute Gasteiger partial charge is 0.231 e. The molecular formula is C11H12N4O2. The summed E-state index contributed by atoms with van der Waals surface area (Å²) >= 11 is 0. The van der Waals surface area contributed by atoms with Crippen molar-refractivity contribution in [2.24, 2.45) is 5.73 Å². The quantitative estimate of drug-likeness (QED) is 0.833. The van der Waals surface area contributed by atoms with Gasteiger partial charge in [0.05, 0.1) is 17.6 Å². The highest BCUT2D eigenvalue weighted by molar-refractivity contribution is 5.50. The molecule has 3 rings (SSSR count). The lowest BCUT2D eigenvalue weighted by molar-refractivity contribution is 0.174. The van der Waals surface area contributed by atoms with E-state index in [1.54, 1.807) is 10.9 Å². The average Bonchev–Trinajstić information content (AvgIpc) is 2.96. The number of fused-ring (bicyclic) bond motifs is 1. The van der Waals surface area contributed by atoms with Crippen LogP contribution in [0, 0.1) is 0 Å². The maximum Gasteiger partial charge on any atom is 0.231 e. The Morgan fingerprint density at radius 1 is 1.29 bits per heavy atom. The average molecular weight is 232 g/mol. The van der Waals surface area contributed by atoms with Gasteiger partial charge < -0.3 is 15.2 Å². The van der Waals surface area contributed by atoms with E-state index < -0.39 is 0 Å². The molecule has 1 aliphatic heterocycles. The molecular weight excluding hydrogens is 220 g/mol. The van der Waals surface area contributed by atoms with E-state index in [-0.39, 0.29) is 6.79 Å². The van der Waals surface area contributed by atoms with E-state index >= 15 is 0 Å². The predicted octanol–water partition coefficient (Wildman–Crippen LogP) is 0.497. The van der Waals surface area contributed by atoms with Crippen LogP contribution in [0.3, 0.4) is 0 Å². The predicted molar refractivity (Wildman–Crippen MR) is 60.2 cm³/mol. The van der Waals surface area contributed by atoms with E-state index in [2.05, 4.69) is 10.3 Å². The third-order valence-electron chi connectivity index (χ3n) is 2.62. The number of ether oxygens (including phenoxy) is 2. The SMILES string of the molecule is NCCc1cnnn1-c1ccc2c(c1)OCO2. The van der Waals surface area contributed by atoms with Crippen molar-refractivity contribution in [3.8, 4) is 17.2 Å². The fraction of sp³-hybridized carbons (Fsp3) is 0.273. The van der Waals surface area contributed by atoms with Crippen LogP contribution >= 0.6 is 0 Å². The summed E-state index contributed by atoms with van der Waals surface area (Å²) in [5.41, 5.74) is 7.42. The molecule has 88 valence electrons. The number of aromatic nitrogens is 3. The molecule has 0 unspecified atom stereocenters. The molecule has 0 saturated heterocycles. The largest absolute Gasteiger partial charge is 0.454 e. The van der Waals surface area contributed by atoms with Gasteiger partial charge in [-0.3, -0.25) is 0 Å². The van der Waals surface area contributed by atoms with Crippen LogP contribution in [0.4, 0.5) is 0 Å². The minimum Gasteiger partial charge on any atom is -0.454 e. The van der Waals surface area contributed by atoms with Crippen molar-refractivity contribution in [3.63, 3.8) is 0 Å². The summed E-state index contributed by atoms with van der Waals surface area (Å²) in [6.07, 6.45) is 2.46. The molecule has 0 fully saturated rings. The van der Waals surface area contributed by atoms with Crippen molar-refractivity contribution in [1.82, 2.24) is 15.0 Å². The van der Waals surface area contributed by atoms with Crippen LogP contribution in [-0.2, 0) is 6.42 Å². The fourth-order valence-corrected chi connectivity index (χ4v) is 1.81. The van der Waals surface area contributed by atoms with Crippen LogP contribution in [0.15, 0.2) is 24.4 Å². The zero-order valence-electron chi connectivity index (χ0n) is 9.17. The number of nitrogens with two attached hydrogens (primary N) is 1. The molecule has 2 aromatic rings. The monoisotopic (exact) mass is 232 g/mol. The highest BCUT2D eigenvalue weighted by Crippen LogP contribution is 2.33. The Bertz CT molecular complexity index is 538. The lowest BCUT2D eigenvalue weighted by Crippen LogP contribution is -2.08. The summed E-state index contributed by atoms with van der Waals surface area (Å²) in [4.78, 5) is 0. The molecule has 0 atom stereocenters. The number of hydrogen-bond donors (Lipinski definition) is 1. The van der Waals surface area contributed by atoms with Gasteiger partial charge in [-0.2, -0.15) is 0 Å². The summed E-state index contributed by atoms with van der Waals surface area (Å²) in [5.74, 6) is 1.49. The molecule has 2 N–H and O–H groups in total. The second-order valence-corrected chi connectivity index (χ2v) is 3.71. The summed E-state index contributed by atoms with van der Waals surface area (Å²) < 4.78 is 12.3. The Morgan fingerprint density at radius 2 is 2.18 bits per heavy atom. The summed E-state index contributed by atoms with van der Waals surface area (Å²) in [6, 6.07) is 5.67. The molecule has 1 aliphatic rings.